The van der Waals surface area contributed by atoms with Crippen LogP contribution < -0.4 is 5.32 Å². The molecule has 1 aromatic carbocycles. The number of aromatic nitrogens is 2. The third-order valence-corrected chi connectivity index (χ3v) is 2.52. The molecule has 7 nitrogen and oxygen atoms in total. The molecule has 0 saturated heterocycles. The van der Waals surface area contributed by atoms with E-state index in [2.05, 4.69) is 15.5 Å². The summed E-state index contributed by atoms with van der Waals surface area (Å²) in [5, 5.41) is 15.1. The highest BCUT2D eigenvalue weighted by atomic mass is 16.6. The van der Waals surface area contributed by atoms with Crippen molar-refractivity contribution in [2.24, 2.45) is 0 Å². The topological polar surface area (TPSA) is 101 Å². The third-order valence-electron chi connectivity index (χ3n) is 2.52. The van der Waals surface area contributed by atoms with Crippen molar-refractivity contribution in [3.63, 3.8) is 0 Å². The number of nitrogens with zero attached hydrogens (tertiary/aromatic N) is 3. The molecule has 0 spiro atoms. The summed E-state index contributed by atoms with van der Waals surface area (Å²) in [5.74, 6) is 0.663. The summed E-state index contributed by atoms with van der Waals surface area (Å²) in [5.41, 5.74) is 0.720. The number of hydrogen-bond donors (Lipinski definition) is 1. The van der Waals surface area contributed by atoms with Gasteiger partial charge < -0.3 is 14.6 Å². The number of ether oxygens (including phenoxy) is 1. The maximum Gasteiger partial charge on any atom is 0.408 e. The van der Waals surface area contributed by atoms with Gasteiger partial charge in [-0.3, -0.25) is 0 Å². The zero-order valence-electron chi connectivity index (χ0n) is 12.6. The van der Waals surface area contributed by atoms with Crippen LogP contribution in [0, 0.1) is 11.3 Å². The molecule has 0 radical (unpaired) electrons. The number of alkyl carbamates (subject to hydrolysis) is 1. The number of amides is 1. The number of benzene rings is 1. The molecule has 0 aliphatic rings. The smallest absolute Gasteiger partial charge is 0.408 e. The lowest BCUT2D eigenvalue weighted by atomic mass is 10.1. The first kappa shape index (κ1) is 15.5. The third kappa shape index (κ3) is 4.31. The first-order valence-electron chi connectivity index (χ1n) is 6.67. The highest BCUT2D eigenvalue weighted by Gasteiger charge is 2.17. The lowest BCUT2D eigenvalue weighted by Crippen LogP contribution is -2.32. The molecule has 0 aliphatic heterocycles. The molecule has 1 aromatic heterocycles. The van der Waals surface area contributed by atoms with E-state index in [-0.39, 0.29) is 12.4 Å². The Kier molecular flexibility index (Phi) is 4.41. The summed E-state index contributed by atoms with van der Waals surface area (Å²) in [7, 11) is 0. The van der Waals surface area contributed by atoms with Crippen LogP contribution in [-0.4, -0.2) is 21.8 Å². The molecule has 7 heteroatoms. The molecule has 1 N–H and O–H groups in total. The SMILES string of the molecule is CC(C)(C)OC(=O)NCc1nc(-c2ccc(C#N)cc2)no1. The zero-order valence-corrected chi connectivity index (χ0v) is 12.6. The lowest BCUT2D eigenvalue weighted by molar-refractivity contribution is 0.0518. The number of hydrogen-bond acceptors (Lipinski definition) is 6. The van der Waals surface area contributed by atoms with Crippen molar-refractivity contribution >= 4 is 6.09 Å². The summed E-state index contributed by atoms with van der Waals surface area (Å²) in [6.07, 6.45) is -0.550. The van der Waals surface area contributed by atoms with Gasteiger partial charge in [-0.25, -0.2) is 4.79 Å². The molecule has 22 heavy (non-hydrogen) atoms. The van der Waals surface area contributed by atoms with Gasteiger partial charge in [-0.2, -0.15) is 10.2 Å². The van der Waals surface area contributed by atoms with Gasteiger partial charge in [0.15, 0.2) is 0 Å². The quantitative estimate of drug-likeness (QED) is 0.935. The largest absolute Gasteiger partial charge is 0.444 e. The fourth-order valence-corrected chi connectivity index (χ4v) is 1.60. The van der Waals surface area contributed by atoms with Crippen LogP contribution in [0.25, 0.3) is 11.4 Å². The van der Waals surface area contributed by atoms with Crippen LogP contribution in [0.5, 0.6) is 0 Å². The first-order valence-corrected chi connectivity index (χ1v) is 6.67. The Balaban J connectivity index is 1.97. The van der Waals surface area contributed by atoms with E-state index in [0.717, 1.165) is 5.56 Å². The predicted molar refractivity (Wildman–Crippen MR) is 77.5 cm³/mol. The van der Waals surface area contributed by atoms with Gasteiger partial charge in [0.1, 0.15) is 12.1 Å². The molecule has 0 atom stereocenters. The van der Waals surface area contributed by atoms with E-state index >= 15 is 0 Å². The second-order valence-corrected chi connectivity index (χ2v) is 5.56. The number of rotatable bonds is 3. The molecule has 114 valence electrons. The van der Waals surface area contributed by atoms with Crippen LogP contribution in [0.3, 0.4) is 0 Å². The van der Waals surface area contributed by atoms with E-state index in [1.807, 2.05) is 6.07 Å². The van der Waals surface area contributed by atoms with Crippen LogP contribution in [0.2, 0.25) is 0 Å². The Labute approximate surface area is 127 Å². The second kappa shape index (κ2) is 6.26. The summed E-state index contributed by atoms with van der Waals surface area (Å²) in [6.45, 7) is 5.42. The van der Waals surface area contributed by atoms with Gasteiger partial charge >= 0.3 is 6.09 Å². The maximum atomic E-state index is 11.5. The minimum Gasteiger partial charge on any atom is -0.444 e. The van der Waals surface area contributed by atoms with E-state index in [1.54, 1.807) is 45.0 Å². The van der Waals surface area contributed by atoms with Gasteiger partial charge in [-0.1, -0.05) is 5.16 Å². The first-order chi connectivity index (χ1) is 10.4. The molecule has 0 fully saturated rings. The van der Waals surface area contributed by atoms with Crippen molar-refractivity contribution in [2.45, 2.75) is 32.9 Å². The fourth-order valence-electron chi connectivity index (χ4n) is 1.60. The Morgan fingerprint density at radius 3 is 2.64 bits per heavy atom. The number of carbonyl (C=O) groups excluding carboxylic acids is 1. The molecule has 1 heterocycles. The van der Waals surface area contributed by atoms with Gasteiger partial charge in [0.05, 0.1) is 11.6 Å². The van der Waals surface area contributed by atoms with Crippen molar-refractivity contribution in [3.05, 3.63) is 35.7 Å². The van der Waals surface area contributed by atoms with Gasteiger partial charge in [0.2, 0.25) is 11.7 Å². The average Bonchev–Trinajstić information content (AvgIpc) is 2.92. The number of carbonyl (C=O) groups is 1. The van der Waals surface area contributed by atoms with Crippen molar-refractivity contribution in [3.8, 4) is 17.5 Å². The van der Waals surface area contributed by atoms with Crippen LogP contribution in [0.1, 0.15) is 32.2 Å². The zero-order chi connectivity index (χ0) is 16.2. The molecule has 0 unspecified atom stereocenters. The van der Waals surface area contributed by atoms with Gasteiger partial charge in [0.25, 0.3) is 0 Å². The summed E-state index contributed by atoms with van der Waals surface area (Å²) in [4.78, 5) is 15.7. The Morgan fingerprint density at radius 2 is 2.05 bits per heavy atom. The number of nitrogens with one attached hydrogen (secondary N) is 1. The molecular formula is C15H16N4O3. The molecule has 2 rings (SSSR count). The van der Waals surface area contributed by atoms with Crippen molar-refractivity contribution in [1.82, 2.24) is 15.5 Å². The van der Waals surface area contributed by atoms with Crippen LogP contribution in [0.15, 0.2) is 28.8 Å². The summed E-state index contributed by atoms with van der Waals surface area (Å²) in [6, 6.07) is 8.84. The van der Waals surface area contributed by atoms with Crippen LogP contribution in [0.4, 0.5) is 4.79 Å². The maximum absolute atomic E-state index is 11.5. The fraction of sp³-hybridized carbons (Fsp3) is 0.333. The van der Waals surface area contributed by atoms with Gasteiger partial charge in [0, 0.05) is 5.56 Å². The minimum absolute atomic E-state index is 0.0815. The highest BCUT2D eigenvalue weighted by molar-refractivity contribution is 5.67. The van der Waals surface area contributed by atoms with Gasteiger partial charge in [-0.05, 0) is 45.0 Å². The number of nitriles is 1. The normalized spacial score (nSPS) is 10.8. The van der Waals surface area contributed by atoms with Crippen molar-refractivity contribution < 1.29 is 14.1 Å². The Bertz CT molecular complexity index is 693. The summed E-state index contributed by atoms with van der Waals surface area (Å²) < 4.78 is 10.2. The average molecular weight is 300 g/mol. The lowest BCUT2D eigenvalue weighted by Gasteiger charge is -2.19. The van der Waals surface area contributed by atoms with Gasteiger partial charge in [-0.15, -0.1) is 0 Å². The molecule has 0 aliphatic carbocycles. The molecule has 0 saturated carbocycles. The summed E-state index contributed by atoms with van der Waals surface area (Å²) >= 11 is 0. The van der Waals surface area contributed by atoms with Crippen molar-refractivity contribution in [1.29, 1.82) is 5.26 Å². The van der Waals surface area contributed by atoms with E-state index in [0.29, 0.717) is 11.4 Å². The second-order valence-electron chi connectivity index (χ2n) is 5.56. The van der Waals surface area contributed by atoms with Crippen molar-refractivity contribution in [2.75, 3.05) is 0 Å². The monoisotopic (exact) mass is 300 g/mol. The highest BCUT2D eigenvalue weighted by Crippen LogP contribution is 2.16. The van der Waals surface area contributed by atoms with Crippen LogP contribution in [-0.2, 0) is 11.3 Å². The van der Waals surface area contributed by atoms with E-state index in [9.17, 15) is 4.79 Å². The Morgan fingerprint density at radius 1 is 1.36 bits per heavy atom. The molecular weight excluding hydrogens is 284 g/mol. The minimum atomic E-state index is -0.563. The van der Waals surface area contributed by atoms with Crippen LogP contribution >= 0.6 is 0 Å². The van der Waals surface area contributed by atoms with E-state index in [4.69, 9.17) is 14.5 Å². The Hall–Kier alpha value is -2.88. The predicted octanol–water partition coefficient (Wildman–Crippen LogP) is 2.63. The van der Waals surface area contributed by atoms with E-state index in [1.165, 1.54) is 0 Å². The standard InChI is InChI=1S/C15H16N4O3/c1-15(2,3)21-14(20)17-9-12-18-13(19-22-12)11-6-4-10(8-16)5-7-11/h4-7H,9H2,1-3H3,(H,17,20). The molecule has 2 aromatic rings. The molecule has 0 bridgehead atoms. The van der Waals surface area contributed by atoms with E-state index < -0.39 is 11.7 Å². The molecule has 1 amide bonds.